The van der Waals surface area contributed by atoms with Gasteiger partial charge in [0.1, 0.15) is 0 Å². The summed E-state index contributed by atoms with van der Waals surface area (Å²) in [5.41, 5.74) is 1.41. The summed E-state index contributed by atoms with van der Waals surface area (Å²) in [6, 6.07) is 1.50. The van der Waals surface area contributed by atoms with E-state index in [1.165, 1.54) is 57.4 Å². The summed E-state index contributed by atoms with van der Waals surface area (Å²) in [5.74, 6) is 0. The zero-order valence-electron chi connectivity index (χ0n) is 12.0. The minimum absolute atomic E-state index is 0.744. The van der Waals surface area contributed by atoms with Gasteiger partial charge in [-0.15, -0.1) is 0 Å². The van der Waals surface area contributed by atoms with Crippen molar-refractivity contribution in [3.05, 3.63) is 18.2 Å². The molecular weight excluding hydrogens is 236 g/mol. The Kier molecular flexibility index (Phi) is 4.18. The summed E-state index contributed by atoms with van der Waals surface area (Å²) in [6.07, 6.45) is 10.6. The molecule has 3 rings (SSSR count). The van der Waals surface area contributed by atoms with Gasteiger partial charge in [0, 0.05) is 24.8 Å². The zero-order valence-corrected chi connectivity index (χ0v) is 12.0. The molecule has 106 valence electrons. The number of hydrogen-bond acceptors (Lipinski definition) is 3. The molecule has 4 heteroatoms. The Hall–Kier alpha value is -0.870. The fourth-order valence-electron chi connectivity index (χ4n) is 3.19. The van der Waals surface area contributed by atoms with Crippen molar-refractivity contribution >= 4 is 0 Å². The van der Waals surface area contributed by atoms with Crippen LogP contribution in [0.15, 0.2) is 12.5 Å². The van der Waals surface area contributed by atoms with Gasteiger partial charge in [-0.25, -0.2) is 4.98 Å². The van der Waals surface area contributed by atoms with E-state index in [0.717, 1.165) is 18.6 Å². The SMILES string of the molecule is CCCN(Cc1cncn1C1CC1)C1CCNCC1. The summed E-state index contributed by atoms with van der Waals surface area (Å²) in [7, 11) is 0. The summed E-state index contributed by atoms with van der Waals surface area (Å²) in [5, 5.41) is 3.47. The fraction of sp³-hybridized carbons (Fsp3) is 0.800. The molecule has 1 saturated heterocycles. The molecule has 1 N–H and O–H groups in total. The van der Waals surface area contributed by atoms with Crippen LogP contribution in [0.5, 0.6) is 0 Å². The molecule has 0 amide bonds. The molecule has 0 atom stereocenters. The lowest BCUT2D eigenvalue weighted by atomic mass is 10.0. The topological polar surface area (TPSA) is 33.1 Å². The minimum atomic E-state index is 0.744. The highest BCUT2D eigenvalue weighted by molar-refractivity contribution is 5.04. The zero-order chi connectivity index (χ0) is 13.1. The first-order valence-corrected chi connectivity index (χ1v) is 7.84. The van der Waals surface area contributed by atoms with Crippen LogP contribution in [0.4, 0.5) is 0 Å². The number of rotatable bonds is 6. The first-order chi connectivity index (χ1) is 9.38. The number of nitrogens with zero attached hydrogens (tertiary/aromatic N) is 3. The highest BCUT2D eigenvalue weighted by Gasteiger charge is 2.27. The second-order valence-corrected chi connectivity index (χ2v) is 5.98. The second-order valence-electron chi connectivity index (χ2n) is 5.98. The average molecular weight is 262 g/mol. The van der Waals surface area contributed by atoms with E-state index in [0.29, 0.717) is 0 Å². The molecule has 2 heterocycles. The standard InChI is InChI=1S/C15H26N4/c1-2-9-18(13-5-7-16-8-6-13)11-15-10-17-12-19(15)14-3-4-14/h10,12-14,16H,2-9,11H2,1H3. The highest BCUT2D eigenvalue weighted by atomic mass is 15.2. The maximum atomic E-state index is 4.37. The van der Waals surface area contributed by atoms with Gasteiger partial charge in [-0.05, 0) is 51.7 Å². The molecule has 1 aliphatic carbocycles. The lowest BCUT2D eigenvalue weighted by molar-refractivity contribution is 0.150. The molecule has 0 radical (unpaired) electrons. The maximum Gasteiger partial charge on any atom is 0.0951 e. The molecule has 2 aliphatic rings. The number of imidazole rings is 1. The second kappa shape index (κ2) is 6.06. The summed E-state index contributed by atoms with van der Waals surface area (Å²) in [4.78, 5) is 7.04. The van der Waals surface area contributed by atoms with Crippen LogP contribution in [0, 0.1) is 0 Å². The Morgan fingerprint density at radius 3 is 2.79 bits per heavy atom. The van der Waals surface area contributed by atoms with Crippen molar-refractivity contribution in [2.75, 3.05) is 19.6 Å². The van der Waals surface area contributed by atoms with Crippen molar-refractivity contribution < 1.29 is 0 Å². The molecule has 0 bridgehead atoms. The van der Waals surface area contributed by atoms with Crippen LogP contribution in [-0.2, 0) is 6.54 Å². The Balaban J connectivity index is 1.67. The van der Waals surface area contributed by atoms with Gasteiger partial charge in [-0.2, -0.15) is 0 Å². The Morgan fingerprint density at radius 2 is 2.11 bits per heavy atom. The van der Waals surface area contributed by atoms with Crippen molar-refractivity contribution in [3.63, 3.8) is 0 Å². The molecule has 0 aromatic carbocycles. The number of nitrogens with one attached hydrogen (secondary N) is 1. The largest absolute Gasteiger partial charge is 0.330 e. The third kappa shape index (κ3) is 3.18. The first-order valence-electron chi connectivity index (χ1n) is 7.84. The molecule has 1 aromatic heterocycles. The Labute approximate surface area is 116 Å². The van der Waals surface area contributed by atoms with Gasteiger partial charge >= 0.3 is 0 Å². The third-order valence-electron chi connectivity index (χ3n) is 4.39. The van der Waals surface area contributed by atoms with Crippen LogP contribution in [0.1, 0.15) is 50.8 Å². The van der Waals surface area contributed by atoms with Gasteiger partial charge in [0.25, 0.3) is 0 Å². The van der Waals surface area contributed by atoms with Crippen LogP contribution in [0.25, 0.3) is 0 Å². The normalized spacial score (nSPS) is 21.2. The summed E-state index contributed by atoms with van der Waals surface area (Å²) in [6.45, 7) is 6.92. The maximum absolute atomic E-state index is 4.37. The van der Waals surface area contributed by atoms with E-state index in [1.54, 1.807) is 0 Å². The fourth-order valence-corrected chi connectivity index (χ4v) is 3.19. The van der Waals surface area contributed by atoms with E-state index in [9.17, 15) is 0 Å². The van der Waals surface area contributed by atoms with E-state index in [4.69, 9.17) is 0 Å². The average Bonchev–Trinajstić information content (AvgIpc) is 3.19. The van der Waals surface area contributed by atoms with Crippen molar-refractivity contribution in [2.45, 2.75) is 57.7 Å². The van der Waals surface area contributed by atoms with Crippen molar-refractivity contribution in [1.82, 2.24) is 19.8 Å². The number of piperidine rings is 1. The third-order valence-corrected chi connectivity index (χ3v) is 4.39. The van der Waals surface area contributed by atoms with Crippen LogP contribution >= 0.6 is 0 Å². The molecular formula is C15H26N4. The van der Waals surface area contributed by atoms with Gasteiger partial charge in [-0.1, -0.05) is 6.92 Å². The molecule has 19 heavy (non-hydrogen) atoms. The lowest BCUT2D eigenvalue weighted by Crippen LogP contribution is -2.43. The van der Waals surface area contributed by atoms with Gasteiger partial charge in [0.05, 0.1) is 12.0 Å². The predicted molar refractivity (Wildman–Crippen MR) is 77.1 cm³/mol. The molecule has 1 aromatic rings. The lowest BCUT2D eigenvalue weighted by Gasteiger charge is -2.34. The minimum Gasteiger partial charge on any atom is -0.330 e. The van der Waals surface area contributed by atoms with Crippen LogP contribution in [-0.4, -0.2) is 40.1 Å². The smallest absolute Gasteiger partial charge is 0.0951 e. The highest BCUT2D eigenvalue weighted by Crippen LogP contribution is 2.36. The van der Waals surface area contributed by atoms with Crippen LogP contribution < -0.4 is 5.32 Å². The van der Waals surface area contributed by atoms with Gasteiger partial charge < -0.3 is 9.88 Å². The summed E-state index contributed by atoms with van der Waals surface area (Å²) >= 11 is 0. The molecule has 0 spiro atoms. The Morgan fingerprint density at radius 1 is 1.32 bits per heavy atom. The molecule has 2 fully saturated rings. The van der Waals surface area contributed by atoms with Crippen molar-refractivity contribution in [2.24, 2.45) is 0 Å². The monoisotopic (exact) mass is 262 g/mol. The van der Waals surface area contributed by atoms with E-state index >= 15 is 0 Å². The van der Waals surface area contributed by atoms with Crippen LogP contribution in [0.2, 0.25) is 0 Å². The number of aromatic nitrogens is 2. The van der Waals surface area contributed by atoms with Crippen molar-refractivity contribution in [3.8, 4) is 0 Å². The quantitative estimate of drug-likeness (QED) is 0.853. The van der Waals surface area contributed by atoms with E-state index in [-0.39, 0.29) is 0 Å². The van der Waals surface area contributed by atoms with E-state index in [2.05, 4.69) is 32.9 Å². The van der Waals surface area contributed by atoms with Crippen LogP contribution in [0.3, 0.4) is 0 Å². The predicted octanol–water partition coefficient (Wildman–Crippen LogP) is 2.18. The molecule has 1 saturated carbocycles. The number of hydrogen-bond donors (Lipinski definition) is 1. The summed E-state index contributed by atoms with van der Waals surface area (Å²) < 4.78 is 2.41. The van der Waals surface area contributed by atoms with Gasteiger partial charge in [0.15, 0.2) is 0 Å². The Bertz CT molecular complexity index is 391. The first kappa shape index (κ1) is 13.1. The molecule has 4 nitrogen and oxygen atoms in total. The van der Waals surface area contributed by atoms with Crippen molar-refractivity contribution in [1.29, 1.82) is 0 Å². The molecule has 0 unspecified atom stereocenters. The van der Waals surface area contributed by atoms with Gasteiger partial charge in [-0.3, -0.25) is 4.90 Å². The molecule has 1 aliphatic heterocycles. The van der Waals surface area contributed by atoms with E-state index < -0.39 is 0 Å². The van der Waals surface area contributed by atoms with E-state index in [1.807, 2.05) is 6.33 Å². The van der Waals surface area contributed by atoms with Gasteiger partial charge in [0.2, 0.25) is 0 Å².